The lowest BCUT2D eigenvalue weighted by Crippen LogP contribution is -2.47. The fourth-order valence-corrected chi connectivity index (χ4v) is 1.91. The smallest absolute Gasteiger partial charge is 0.310 e. The summed E-state index contributed by atoms with van der Waals surface area (Å²) in [5, 5.41) is 8.73. The Morgan fingerprint density at radius 3 is 1.76 bits per heavy atom. The van der Waals surface area contributed by atoms with E-state index in [1.807, 2.05) is 41.5 Å². The number of ketones is 1. The lowest BCUT2D eigenvalue weighted by atomic mass is 10.1. The van der Waals surface area contributed by atoms with Gasteiger partial charge in [0.25, 0.3) is 0 Å². The number of carboxylic acids is 1. The minimum Gasteiger partial charge on any atom is -0.481 e. The summed E-state index contributed by atoms with van der Waals surface area (Å²) in [6.45, 7) is 11.1. The van der Waals surface area contributed by atoms with Crippen LogP contribution in [0, 0.1) is 0 Å². The predicted molar refractivity (Wildman–Crippen MR) is 78.1 cm³/mol. The van der Waals surface area contributed by atoms with Gasteiger partial charge in [0.05, 0.1) is 24.7 Å². The molecule has 0 amide bonds. The highest BCUT2D eigenvalue weighted by atomic mass is 16.7. The third kappa shape index (κ3) is 9.55. The highest BCUT2D eigenvalue weighted by Gasteiger charge is 2.38. The van der Waals surface area contributed by atoms with Crippen molar-refractivity contribution in [2.45, 2.75) is 78.5 Å². The summed E-state index contributed by atoms with van der Waals surface area (Å²) in [5.41, 5.74) is 0. The molecule has 6 nitrogen and oxygen atoms in total. The van der Waals surface area contributed by atoms with Crippen molar-refractivity contribution in [1.82, 2.24) is 0 Å². The van der Waals surface area contributed by atoms with E-state index in [1.165, 1.54) is 0 Å². The second-order valence-corrected chi connectivity index (χ2v) is 5.89. The van der Waals surface area contributed by atoms with Crippen molar-refractivity contribution < 1.29 is 28.9 Å². The zero-order valence-corrected chi connectivity index (χ0v) is 13.8. The molecule has 0 saturated heterocycles. The molecule has 6 heteroatoms. The molecular formula is C15H28O6. The minimum absolute atomic E-state index is 0.0505. The van der Waals surface area contributed by atoms with Gasteiger partial charge >= 0.3 is 5.97 Å². The number of carbonyl (C=O) groups is 2. The normalized spacial score (nSPS) is 12.4. The standard InChI is InChI=1S/C15H28O6/c1-10(2)19-9-15(20-11(3)4,21-12(5)6)8-13(16)7-14(17)18/h10-12H,7-9H2,1-6H3,(H,17,18). The summed E-state index contributed by atoms with van der Waals surface area (Å²) >= 11 is 0. The van der Waals surface area contributed by atoms with Crippen LogP contribution >= 0.6 is 0 Å². The van der Waals surface area contributed by atoms with Crippen molar-refractivity contribution in [3.8, 4) is 0 Å². The Morgan fingerprint density at radius 1 is 0.952 bits per heavy atom. The monoisotopic (exact) mass is 304 g/mol. The van der Waals surface area contributed by atoms with Crippen LogP contribution in [0.3, 0.4) is 0 Å². The maximum atomic E-state index is 11.9. The van der Waals surface area contributed by atoms with Crippen LogP contribution < -0.4 is 0 Å². The molecule has 0 spiro atoms. The molecule has 0 bridgehead atoms. The first-order valence-electron chi connectivity index (χ1n) is 7.27. The number of Topliss-reactive ketones (excluding diaryl/α,β-unsaturated/α-hetero) is 1. The highest BCUT2D eigenvalue weighted by Crippen LogP contribution is 2.25. The first kappa shape index (κ1) is 20.0. The van der Waals surface area contributed by atoms with Crippen LogP contribution in [0.15, 0.2) is 0 Å². The molecule has 0 aromatic carbocycles. The van der Waals surface area contributed by atoms with Crippen molar-refractivity contribution >= 4 is 11.8 Å². The molecule has 0 radical (unpaired) electrons. The van der Waals surface area contributed by atoms with Gasteiger partial charge in [0.1, 0.15) is 18.8 Å². The molecule has 0 fully saturated rings. The third-order valence-electron chi connectivity index (χ3n) is 2.35. The lowest BCUT2D eigenvalue weighted by Gasteiger charge is -2.36. The van der Waals surface area contributed by atoms with E-state index in [0.29, 0.717) is 0 Å². The van der Waals surface area contributed by atoms with Crippen LogP contribution in [0.2, 0.25) is 0 Å². The fraction of sp³-hybridized carbons (Fsp3) is 0.867. The maximum absolute atomic E-state index is 11.9. The van der Waals surface area contributed by atoms with E-state index in [9.17, 15) is 9.59 Å². The number of aliphatic carboxylic acids is 1. The predicted octanol–water partition coefficient (Wildman–Crippen LogP) is 2.39. The number of carbonyl (C=O) groups excluding carboxylic acids is 1. The molecule has 0 rings (SSSR count). The van der Waals surface area contributed by atoms with Crippen molar-refractivity contribution in [2.75, 3.05) is 6.61 Å². The molecule has 21 heavy (non-hydrogen) atoms. The minimum atomic E-state index is -1.25. The summed E-state index contributed by atoms with van der Waals surface area (Å²) in [6.07, 6.45) is -1.12. The second-order valence-electron chi connectivity index (χ2n) is 5.89. The summed E-state index contributed by atoms with van der Waals surface area (Å²) in [7, 11) is 0. The third-order valence-corrected chi connectivity index (χ3v) is 2.35. The Balaban J connectivity index is 5.12. The zero-order chi connectivity index (χ0) is 16.6. The fourth-order valence-electron chi connectivity index (χ4n) is 1.91. The van der Waals surface area contributed by atoms with Crippen molar-refractivity contribution in [3.63, 3.8) is 0 Å². The maximum Gasteiger partial charge on any atom is 0.310 e. The van der Waals surface area contributed by atoms with Gasteiger partial charge in [-0.15, -0.1) is 0 Å². The summed E-state index contributed by atoms with van der Waals surface area (Å²) < 4.78 is 17.1. The van der Waals surface area contributed by atoms with Gasteiger partial charge in [-0.25, -0.2) is 0 Å². The van der Waals surface area contributed by atoms with Crippen LogP contribution in [0.5, 0.6) is 0 Å². The number of ether oxygens (including phenoxy) is 3. The van der Waals surface area contributed by atoms with Gasteiger partial charge in [-0.2, -0.15) is 0 Å². The molecule has 0 aromatic rings. The molecule has 0 heterocycles. The first-order chi connectivity index (χ1) is 9.56. The van der Waals surface area contributed by atoms with Gasteiger partial charge in [0.15, 0.2) is 5.79 Å². The molecule has 0 aliphatic rings. The summed E-state index contributed by atoms with van der Waals surface area (Å²) in [6, 6.07) is 0. The molecule has 0 aliphatic carbocycles. The van der Waals surface area contributed by atoms with E-state index >= 15 is 0 Å². The summed E-state index contributed by atoms with van der Waals surface area (Å²) in [4.78, 5) is 22.6. The average Bonchev–Trinajstić information content (AvgIpc) is 2.22. The van der Waals surface area contributed by atoms with E-state index < -0.39 is 24.0 Å². The summed E-state index contributed by atoms with van der Waals surface area (Å²) in [5.74, 6) is -2.86. The molecule has 0 aromatic heterocycles. The zero-order valence-electron chi connectivity index (χ0n) is 13.8. The van der Waals surface area contributed by atoms with Crippen LogP contribution in [0.1, 0.15) is 54.4 Å². The van der Waals surface area contributed by atoms with Crippen molar-refractivity contribution in [3.05, 3.63) is 0 Å². The average molecular weight is 304 g/mol. The Hall–Kier alpha value is -0.980. The molecule has 0 unspecified atom stereocenters. The molecule has 0 atom stereocenters. The number of hydrogen-bond donors (Lipinski definition) is 1. The molecule has 0 aliphatic heterocycles. The van der Waals surface area contributed by atoms with Gasteiger partial charge in [-0.1, -0.05) is 0 Å². The van der Waals surface area contributed by atoms with Crippen LogP contribution in [0.4, 0.5) is 0 Å². The first-order valence-corrected chi connectivity index (χ1v) is 7.27. The van der Waals surface area contributed by atoms with Gasteiger partial charge in [-0.3, -0.25) is 9.59 Å². The Labute approximate surface area is 126 Å². The Morgan fingerprint density at radius 2 is 1.43 bits per heavy atom. The largest absolute Gasteiger partial charge is 0.481 e. The van der Waals surface area contributed by atoms with E-state index in [2.05, 4.69) is 0 Å². The molecule has 1 N–H and O–H groups in total. The van der Waals surface area contributed by atoms with Gasteiger partial charge in [0, 0.05) is 0 Å². The number of rotatable bonds is 11. The second kappa shape index (κ2) is 9.12. The van der Waals surface area contributed by atoms with E-state index in [-0.39, 0.29) is 31.3 Å². The van der Waals surface area contributed by atoms with Crippen molar-refractivity contribution in [1.29, 1.82) is 0 Å². The molecule has 0 saturated carbocycles. The van der Waals surface area contributed by atoms with Gasteiger partial charge < -0.3 is 19.3 Å². The van der Waals surface area contributed by atoms with E-state index in [1.54, 1.807) is 0 Å². The van der Waals surface area contributed by atoms with Crippen LogP contribution in [-0.2, 0) is 23.8 Å². The molecule has 124 valence electrons. The topological polar surface area (TPSA) is 82.1 Å². The lowest BCUT2D eigenvalue weighted by molar-refractivity contribution is -0.291. The van der Waals surface area contributed by atoms with Crippen LogP contribution in [0.25, 0.3) is 0 Å². The van der Waals surface area contributed by atoms with Crippen molar-refractivity contribution in [2.24, 2.45) is 0 Å². The SMILES string of the molecule is CC(C)OCC(CC(=O)CC(=O)O)(OC(C)C)OC(C)C. The Bertz CT molecular complexity index is 325. The van der Waals surface area contributed by atoms with E-state index in [0.717, 1.165) is 0 Å². The Kier molecular flexibility index (Phi) is 8.70. The van der Waals surface area contributed by atoms with E-state index in [4.69, 9.17) is 19.3 Å². The quantitative estimate of drug-likeness (QED) is 0.466. The van der Waals surface area contributed by atoms with Crippen LogP contribution in [-0.4, -0.2) is 47.6 Å². The highest BCUT2D eigenvalue weighted by molar-refractivity contribution is 5.95. The van der Waals surface area contributed by atoms with Gasteiger partial charge in [0.2, 0.25) is 0 Å². The number of hydrogen-bond acceptors (Lipinski definition) is 5. The number of carboxylic acid groups (broad SMARTS) is 1. The van der Waals surface area contributed by atoms with Gasteiger partial charge in [-0.05, 0) is 41.5 Å². The molecular weight excluding hydrogens is 276 g/mol.